The minimum absolute atomic E-state index is 0.0728. The summed E-state index contributed by atoms with van der Waals surface area (Å²) in [7, 11) is -3.99. The number of hydrogen-bond donors (Lipinski definition) is 2. The maximum Gasteiger partial charge on any atom is 0.350 e. The monoisotopic (exact) mass is 394 g/mol. The molecule has 1 aromatic rings. The first-order valence-corrected chi connectivity index (χ1v) is 8.66. The average molecular weight is 395 g/mol. The average Bonchev–Trinajstić information content (AvgIpc) is 2.37. The van der Waals surface area contributed by atoms with Crippen LogP contribution in [0.15, 0.2) is 28.8 Å². The number of hydrogen-bond acceptors (Lipinski definition) is 7. The Balaban J connectivity index is 2.33. The Hall–Kier alpha value is -1.81. The van der Waals surface area contributed by atoms with Crippen LogP contribution < -0.4 is 10.5 Å². The van der Waals surface area contributed by atoms with Crippen LogP contribution >= 0.6 is 23.2 Å². The zero-order chi connectivity index (χ0) is 18.3. The number of carbonyl (C=O) groups excluding carboxylic acids is 2. The highest BCUT2D eigenvalue weighted by molar-refractivity contribution is 7.89. The van der Waals surface area contributed by atoms with Gasteiger partial charge in [-0.15, -0.1) is 0 Å². The predicted molar refractivity (Wildman–Crippen MR) is 85.8 cm³/mol. The van der Waals surface area contributed by atoms with Crippen LogP contribution in [0, 0.1) is 0 Å². The van der Waals surface area contributed by atoms with E-state index in [2.05, 4.69) is 5.32 Å². The summed E-state index contributed by atoms with van der Waals surface area (Å²) < 4.78 is 32.4. The number of anilines is 1. The van der Waals surface area contributed by atoms with Crippen molar-refractivity contribution in [2.45, 2.75) is 24.5 Å². The van der Waals surface area contributed by atoms with Crippen LogP contribution in [-0.2, 0) is 29.1 Å². The highest BCUT2D eigenvalue weighted by Crippen LogP contribution is 2.33. The van der Waals surface area contributed by atoms with Crippen molar-refractivity contribution in [2.24, 2.45) is 5.14 Å². The highest BCUT2D eigenvalue weighted by Gasteiger charge is 2.39. The molecule has 0 aromatic heterocycles. The topological polar surface area (TPSA) is 125 Å². The van der Waals surface area contributed by atoms with E-state index in [1.54, 1.807) is 0 Å². The first-order valence-electron chi connectivity index (χ1n) is 6.36. The van der Waals surface area contributed by atoms with E-state index in [1.807, 2.05) is 0 Å². The quantitative estimate of drug-likeness (QED) is 0.454. The number of sulfonamides is 1. The van der Waals surface area contributed by atoms with Crippen LogP contribution in [0.25, 0.3) is 0 Å². The van der Waals surface area contributed by atoms with E-state index >= 15 is 0 Å². The van der Waals surface area contributed by atoms with Crippen LogP contribution in [0.3, 0.4) is 0 Å². The lowest BCUT2D eigenvalue weighted by Crippen LogP contribution is -2.42. The van der Waals surface area contributed by atoms with Gasteiger partial charge in [0.05, 0.1) is 20.6 Å². The number of halogens is 2. The standard InChI is InChI=1S/C13H12Cl2N2O6S/c1-13(2)22-11(18)7(12(19)23-13)5-17-10-8(14)3-6(4-9(10)15)24(16,20)21/h3-5,17H,1-2H3,(H2,16,20,21). The first kappa shape index (κ1) is 18.5. The van der Waals surface area contributed by atoms with Gasteiger partial charge >= 0.3 is 11.9 Å². The lowest BCUT2D eigenvalue weighted by Gasteiger charge is -2.29. The maximum absolute atomic E-state index is 11.8. The van der Waals surface area contributed by atoms with Crippen LogP contribution in [0.2, 0.25) is 10.0 Å². The number of cyclic esters (lactones) is 2. The molecule has 0 amide bonds. The van der Waals surface area contributed by atoms with Gasteiger partial charge in [0.15, 0.2) is 5.57 Å². The molecule has 2 rings (SSSR count). The van der Waals surface area contributed by atoms with Gasteiger partial charge in [-0.1, -0.05) is 23.2 Å². The molecule has 0 atom stereocenters. The first-order chi connectivity index (χ1) is 10.9. The Labute approximate surface area is 147 Å². The van der Waals surface area contributed by atoms with Crippen LogP contribution in [-0.4, -0.2) is 26.1 Å². The molecule has 1 aromatic carbocycles. The third kappa shape index (κ3) is 3.99. The third-order valence-electron chi connectivity index (χ3n) is 2.82. The molecular formula is C13H12Cl2N2O6S. The minimum Gasteiger partial charge on any atom is -0.419 e. The Bertz CT molecular complexity index is 818. The summed E-state index contributed by atoms with van der Waals surface area (Å²) in [6, 6.07) is 2.15. The van der Waals surface area contributed by atoms with Gasteiger partial charge in [-0.05, 0) is 12.1 Å². The Morgan fingerprint density at radius 1 is 1.12 bits per heavy atom. The molecule has 24 heavy (non-hydrogen) atoms. The second kappa shape index (κ2) is 6.25. The van der Waals surface area contributed by atoms with Crippen LogP contribution in [0.1, 0.15) is 13.8 Å². The summed E-state index contributed by atoms with van der Waals surface area (Å²) in [4.78, 5) is 23.3. The molecule has 1 heterocycles. The fraction of sp³-hybridized carbons (Fsp3) is 0.231. The molecule has 11 heteroatoms. The lowest BCUT2D eigenvalue weighted by molar-refractivity contribution is -0.222. The van der Waals surface area contributed by atoms with Gasteiger partial charge in [-0.3, -0.25) is 0 Å². The van der Waals surface area contributed by atoms with E-state index < -0.39 is 33.3 Å². The molecule has 3 N–H and O–H groups in total. The van der Waals surface area contributed by atoms with Crippen LogP contribution in [0.5, 0.6) is 0 Å². The zero-order valence-electron chi connectivity index (χ0n) is 12.4. The summed E-state index contributed by atoms with van der Waals surface area (Å²) >= 11 is 11.9. The van der Waals surface area contributed by atoms with Gasteiger partial charge in [-0.2, -0.15) is 0 Å². The molecule has 1 fully saturated rings. The number of rotatable bonds is 3. The molecule has 1 saturated heterocycles. The van der Waals surface area contributed by atoms with Crippen molar-refractivity contribution in [3.63, 3.8) is 0 Å². The van der Waals surface area contributed by atoms with E-state index in [9.17, 15) is 18.0 Å². The third-order valence-corrected chi connectivity index (χ3v) is 4.31. The van der Waals surface area contributed by atoms with Gasteiger partial charge in [0.2, 0.25) is 10.0 Å². The number of ether oxygens (including phenoxy) is 2. The van der Waals surface area contributed by atoms with E-state index in [-0.39, 0.29) is 20.6 Å². The maximum atomic E-state index is 11.8. The number of benzene rings is 1. The van der Waals surface area contributed by atoms with Crippen molar-refractivity contribution in [1.29, 1.82) is 0 Å². The molecule has 1 aliphatic heterocycles. The number of esters is 2. The summed E-state index contributed by atoms with van der Waals surface area (Å²) in [5.74, 6) is -3.15. The summed E-state index contributed by atoms with van der Waals surface area (Å²) in [5, 5.41) is 7.39. The van der Waals surface area contributed by atoms with Crippen molar-refractivity contribution < 1.29 is 27.5 Å². The smallest absolute Gasteiger partial charge is 0.350 e. The van der Waals surface area contributed by atoms with E-state index in [0.717, 1.165) is 18.3 Å². The number of nitrogens with two attached hydrogens (primary N) is 1. The highest BCUT2D eigenvalue weighted by atomic mass is 35.5. The molecule has 0 spiro atoms. The molecule has 0 unspecified atom stereocenters. The van der Waals surface area contributed by atoms with Gasteiger partial charge < -0.3 is 14.8 Å². The zero-order valence-corrected chi connectivity index (χ0v) is 14.8. The lowest BCUT2D eigenvalue weighted by atomic mass is 10.2. The molecule has 130 valence electrons. The largest absolute Gasteiger partial charge is 0.419 e. The Morgan fingerprint density at radius 3 is 2.00 bits per heavy atom. The van der Waals surface area contributed by atoms with Crippen molar-refractivity contribution in [3.8, 4) is 0 Å². The fourth-order valence-electron chi connectivity index (χ4n) is 1.77. The SMILES string of the molecule is CC1(C)OC(=O)C(=CNc2c(Cl)cc(S(N)(=O)=O)cc2Cl)C(=O)O1. The molecule has 0 saturated carbocycles. The molecule has 1 aliphatic rings. The van der Waals surface area contributed by atoms with Crippen LogP contribution in [0.4, 0.5) is 5.69 Å². The second-order valence-electron chi connectivity index (χ2n) is 5.19. The van der Waals surface area contributed by atoms with Gasteiger partial charge in [0.1, 0.15) is 0 Å². The second-order valence-corrected chi connectivity index (χ2v) is 7.56. The molecule has 0 aliphatic carbocycles. The minimum atomic E-state index is -3.99. The summed E-state index contributed by atoms with van der Waals surface area (Å²) in [6.07, 6.45) is 1.00. The Kier molecular flexibility index (Phi) is 4.82. The normalized spacial score (nSPS) is 17.1. The molecule has 0 bridgehead atoms. The van der Waals surface area contributed by atoms with E-state index in [4.69, 9.17) is 37.8 Å². The van der Waals surface area contributed by atoms with Crippen molar-refractivity contribution in [2.75, 3.05) is 5.32 Å². The summed E-state index contributed by atoms with van der Waals surface area (Å²) in [5.41, 5.74) is -0.333. The molecule has 8 nitrogen and oxygen atoms in total. The van der Waals surface area contributed by atoms with E-state index in [0.29, 0.717) is 0 Å². The van der Waals surface area contributed by atoms with Gasteiger partial charge in [0.25, 0.3) is 5.79 Å². The Morgan fingerprint density at radius 2 is 1.58 bits per heavy atom. The van der Waals surface area contributed by atoms with Crippen molar-refractivity contribution >= 4 is 50.9 Å². The number of carbonyl (C=O) groups is 2. The van der Waals surface area contributed by atoms with Crippen molar-refractivity contribution in [3.05, 3.63) is 34.0 Å². The fourth-order valence-corrected chi connectivity index (χ4v) is 3.06. The van der Waals surface area contributed by atoms with E-state index in [1.165, 1.54) is 13.8 Å². The number of nitrogens with one attached hydrogen (secondary N) is 1. The molecular weight excluding hydrogens is 383 g/mol. The van der Waals surface area contributed by atoms with Gasteiger partial charge in [-0.25, -0.2) is 23.1 Å². The van der Waals surface area contributed by atoms with Gasteiger partial charge in [0, 0.05) is 20.0 Å². The number of primary sulfonamides is 1. The molecule has 0 radical (unpaired) electrons. The summed E-state index contributed by atoms with van der Waals surface area (Å²) in [6.45, 7) is 2.82. The van der Waals surface area contributed by atoms with Crippen molar-refractivity contribution in [1.82, 2.24) is 0 Å². The predicted octanol–water partition coefficient (Wildman–Crippen LogP) is 1.77.